The van der Waals surface area contributed by atoms with Gasteiger partial charge in [-0.05, 0) is 5.56 Å². The molecule has 72 valence electrons. The first-order valence-corrected chi connectivity index (χ1v) is 5.06. The van der Waals surface area contributed by atoms with E-state index in [1.807, 2.05) is 30.3 Å². The summed E-state index contributed by atoms with van der Waals surface area (Å²) in [5.41, 5.74) is 0.892. The minimum Gasteiger partial charge on any atom is -0.448 e. The second-order valence-corrected chi connectivity index (χ2v) is 3.94. The normalized spacial score (nSPS) is 21.3. The first-order valence-electron chi connectivity index (χ1n) is 4.11. The van der Waals surface area contributed by atoms with Gasteiger partial charge in [0.05, 0.1) is 10.3 Å². The predicted octanol–water partition coefficient (Wildman–Crippen LogP) is 2.61. The van der Waals surface area contributed by atoms with Crippen LogP contribution in [0.5, 0.6) is 0 Å². The zero-order valence-electron chi connectivity index (χ0n) is 7.24. The number of benzene rings is 1. The Balaban J connectivity index is 2.36. The Hall–Kier alpha value is -0.850. The van der Waals surface area contributed by atoms with Gasteiger partial charge < -0.3 is 4.74 Å². The standard InChI is InChI=1S/C10H8ClO2P/c11-7-8(13-10(12)9(7)14)6-4-2-1-3-5-6/h1-5,8H,14H2/t8-/m1/s1. The topological polar surface area (TPSA) is 26.3 Å². The lowest BCUT2D eigenvalue weighted by molar-refractivity contribution is -0.139. The Morgan fingerprint density at radius 2 is 1.93 bits per heavy atom. The molecule has 1 aromatic rings. The van der Waals surface area contributed by atoms with E-state index >= 15 is 0 Å². The molecule has 1 heterocycles. The maximum Gasteiger partial charge on any atom is 0.340 e. The maximum absolute atomic E-state index is 11.2. The van der Waals surface area contributed by atoms with E-state index in [9.17, 15) is 4.79 Å². The number of halogens is 1. The fraction of sp³-hybridized carbons (Fsp3) is 0.100. The highest BCUT2D eigenvalue weighted by Gasteiger charge is 2.31. The van der Waals surface area contributed by atoms with Crippen molar-refractivity contribution in [3.8, 4) is 0 Å². The third-order valence-corrected chi connectivity index (χ3v) is 3.17. The van der Waals surface area contributed by atoms with Gasteiger partial charge >= 0.3 is 5.97 Å². The van der Waals surface area contributed by atoms with Crippen LogP contribution in [0.25, 0.3) is 0 Å². The molecule has 0 spiro atoms. The SMILES string of the molecule is O=C1O[C@H](c2ccccc2)C(Cl)=C1P. The van der Waals surface area contributed by atoms with Gasteiger partial charge in [0, 0.05) is 0 Å². The number of carbonyl (C=O) groups is 1. The van der Waals surface area contributed by atoms with E-state index in [1.54, 1.807) is 0 Å². The zero-order chi connectivity index (χ0) is 10.1. The molecular formula is C10H8ClO2P. The Morgan fingerprint density at radius 1 is 1.29 bits per heavy atom. The van der Waals surface area contributed by atoms with Gasteiger partial charge in [-0.15, -0.1) is 0 Å². The molecule has 1 aliphatic rings. The summed E-state index contributed by atoms with van der Waals surface area (Å²) >= 11 is 5.97. The molecule has 0 amide bonds. The van der Waals surface area contributed by atoms with Crippen LogP contribution >= 0.6 is 20.8 Å². The highest BCUT2D eigenvalue weighted by molar-refractivity contribution is 7.25. The van der Waals surface area contributed by atoms with E-state index in [0.29, 0.717) is 10.3 Å². The molecule has 4 heteroatoms. The third kappa shape index (κ3) is 1.56. The van der Waals surface area contributed by atoms with Gasteiger partial charge in [0.1, 0.15) is 0 Å². The summed E-state index contributed by atoms with van der Waals surface area (Å²) in [5.74, 6) is -0.367. The monoisotopic (exact) mass is 226 g/mol. The van der Waals surface area contributed by atoms with Crippen molar-refractivity contribution in [2.75, 3.05) is 0 Å². The smallest absolute Gasteiger partial charge is 0.340 e. The Bertz CT molecular complexity index is 400. The van der Waals surface area contributed by atoms with Gasteiger partial charge in [-0.1, -0.05) is 51.2 Å². The van der Waals surface area contributed by atoms with Gasteiger partial charge in [0.2, 0.25) is 0 Å². The Kier molecular flexibility index (Phi) is 2.58. The zero-order valence-corrected chi connectivity index (χ0v) is 9.15. The summed E-state index contributed by atoms with van der Waals surface area (Å²) < 4.78 is 5.11. The Labute approximate surface area is 89.1 Å². The molecular weight excluding hydrogens is 219 g/mol. The van der Waals surface area contributed by atoms with Crippen molar-refractivity contribution in [1.29, 1.82) is 0 Å². The minimum absolute atomic E-state index is 0.367. The molecule has 0 N–H and O–H groups in total. The van der Waals surface area contributed by atoms with Crippen LogP contribution in [0.3, 0.4) is 0 Å². The van der Waals surface area contributed by atoms with Crippen LogP contribution in [0.2, 0.25) is 0 Å². The van der Waals surface area contributed by atoms with Crippen molar-refractivity contribution in [2.24, 2.45) is 0 Å². The van der Waals surface area contributed by atoms with Crippen molar-refractivity contribution < 1.29 is 9.53 Å². The second kappa shape index (κ2) is 3.72. The van der Waals surface area contributed by atoms with Crippen LogP contribution in [-0.4, -0.2) is 5.97 Å². The lowest BCUT2D eigenvalue weighted by atomic mass is 10.1. The fourth-order valence-corrected chi connectivity index (χ4v) is 1.77. The van der Waals surface area contributed by atoms with E-state index in [1.165, 1.54) is 0 Å². The number of hydrogen-bond donors (Lipinski definition) is 0. The van der Waals surface area contributed by atoms with Gasteiger partial charge in [-0.25, -0.2) is 4.79 Å². The van der Waals surface area contributed by atoms with Crippen LogP contribution in [0.15, 0.2) is 40.7 Å². The highest BCUT2D eigenvalue weighted by Crippen LogP contribution is 2.39. The van der Waals surface area contributed by atoms with Crippen molar-refractivity contribution in [3.63, 3.8) is 0 Å². The number of cyclic esters (lactones) is 1. The minimum atomic E-state index is -0.433. The van der Waals surface area contributed by atoms with Crippen LogP contribution in [-0.2, 0) is 9.53 Å². The quantitative estimate of drug-likeness (QED) is 0.544. The molecule has 0 saturated heterocycles. The van der Waals surface area contributed by atoms with E-state index in [4.69, 9.17) is 16.3 Å². The first-order chi connectivity index (χ1) is 6.70. The third-order valence-electron chi connectivity index (χ3n) is 2.03. The van der Waals surface area contributed by atoms with Crippen LogP contribution in [0.4, 0.5) is 0 Å². The largest absolute Gasteiger partial charge is 0.448 e. The van der Waals surface area contributed by atoms with Crippen LogP contribution in [0, 0.1) is 0 Å². The van der Waals surface area contributed by atoms with E-state index in [0.717, 1.165) is 5.56 Å². The van der Waals surface area contributed by atoms with Crippen LogP contribution < -0.4 is 0 Å². The predicted molar refractivity (Wildman–Crippen MR) is 57.9 cm³/mol. The van der Waals surface area contributed by atoms with Gasteiger partial charge in [-0.3, -0.25) is 0 Å². The molecule has 0 saturated carbocycles. The van der Waals surface area contributed by atoms with Gasteiger partial charge in [0.15, 0.2) is 6.10 Å². The fourth-order valence-electron chi connectivity index (χ4n) is 1.30. The summed E-state index contributed by atoms with van der Waals surface area (Å²) in [7, 11) is 2.30. The molecule has 2 nitrogen and oxygen atoms in total. The molecule has 14 heavy (non-hydrogen) atoms. The van der Waals surface area contributed by atoms with Crippen LogP contribution in [0.1, 0.15) is 11.7 Å². The van der Waals surface area contributed by atoms with E-state index in [-0.39, 0.29) is 5.97 Å². The maximum atomic E-state index is 11.2. The first kappa shape index (κ1) is 9.70. The number of carbonyl (C=O) groups excluding carboxylic acids is 1. The van der Waals surface area contributed by atoms with Crippen molar-refractivity contribution in [3.05, 3.63) is 46.2 Å². The van der Waals surface area contributed by atoms with Gasteiger partial charge in [-0.2, -0.15) is 0 Å². The van der Waals surface area contributed by atoms with Crippen molar-refractivity contribution >= 4 is 26.8 Å². The summed E-state index contributed by atoms with van der Waals surface area (Å²) in [6.07, 6.45) is -0.433. The molecule has 0 fully saturated rings. The number of hydrogen-bond acceptors (Lipinski definition) is 2. The molecule has 2 rings (SSSR count). The summed E-state index contributed by atoms with van der Waals surface area (Å²) in [5, 5.41) is 0.867. The van der Waals surface area contributed by atoms with E-state index in [2.05, 4.69) is 9.24 Å². The van der Waals surface area contributed by atoms with Gasteiger partial charge in [0.25, 0.3) is 0 Å². The average Bonchev–Trinajstić information content (AvgIpc) is 2.47. The average molecular weight is 227 g/mol. The number of ether oxygens (including phenoxy) is 1. The van der Waals surface area contributed by atoms with Crippen molar-refractivity contribution in [1.82, 2.24) is 0 Å². The molecule has 1 aliphatic heterocycles. The van der Waals surface area contributed by atoms with Crippen molar-refractivity contribution in [2.45, 2.75) is 6.10 Å². The molecule has 0 aliphatic carbocycles. The highest BCUT2D eigenvalue weighted by atomic mass is 35.5. The molecule has 1 unspecified atom stereocenters. The molecule has 0 aromatic heterocycles. The number of esters is 1. The summed E-state index contributed by atoms with van der Waals surface area (Å²) in [6.45, 7) is 0. The molecule has 1 aromatic carbocycles. The number of rotatable bonds is 1. The second-order valence-electron chi connectivity index (χ2n) is 2.96. The molecule has 2 atom stereocenters. The summed E-state index contributed by atoms with van der Waals surface area (Å²) in [6, 6.07) is 9.43. The Morgan fingerprint density at radius 3 is 2.43 bits per heavy atom. The molecule has 0 bridgehead atoms. The lowest BCUT2D eigenvalue weighted by Gasteiger charge is -2.09. The lowest BCUT2D eigenvalue weighted by Crippen LogP contribution is -2.01. The molecule has 0 radical (unpaired) electrons. The van der Waals surface area contributed by atoms with E-state index < -0.39 is 6.10 Å². The summed E-state index contributed by atoms with van der Waals surface area (Å²) in [4.78, 5) is 11.2.